The first kappa shape index (κ1) is 13.8. The van der Waals surface area contributed by atoms with E-state index in [0.717, 1.165) is 0 Å². The summed E-state index contributed by atoms with van der Waals surface area (Å²) < 4.78 is 5.28. The Balaban J connectivity index is 2.36. The molecule has 0 radical (unpaired) electrons. The van der Waals surface area contributed by atoms with Gasteiger partial charge in [-0.3, -0.25) is 4.79 Å². The normalized spacial score (nSPS) is 18.8. The van der Waals surface area contributed by atoms with Crippen LogP contribution in [0.1, 0.15) is 33.6 Å². The van der Waals surface area contributed by atoms with Crippen molar-refractivity contribution >= 4 is 12.1 Å². The zero-order valence-corrected chi connectivity index (χ0v) is 10.4. The summed E-state index contributed by atoms with van der Waals surface area (Å²) in [5.41, 5.74) is -0.480. The smallest absolute Gasteiger partial charge is 0.460 e. The summed E-state index contributed by atoms with van der Waals surface area (Å²) in [4.78, 5) is 26.6. The van der Waals surface area contributed by atoms with Crippen molar-refractivity contribution < 1.29 is 24.3 Å². The molecule has 0 atom stereocenters. The number of rotatable bonds is 2. The lowest BCUT2D eigenvalue weighted by molar-refractivity contribution is -0.169. The first-order chi connectivity index (χ1) is 7.78. The Hall–Kier alpha value is -1.30. The number of ether oxygens (including phenoxy) is 1. The summed E-state index contributed by atoms with van der Waals surface area (Å²) in [6.07, 6.45) is -0.203. The summed E-state index contributed by atoms with van der Waals surface area (Å²) >= 11 is 0. The van der Waals surface area contributed by atoms with Gasteiger partial charge in [-0.25, -0.2) is 4.79 Å². The SMILES string of the molecule is CC(C)(C)OC(=O)C1CCN(OC(=O)O)CC1. The molecule has 1 saturated heterocycles. The van der Waals surface area contributed by atoms with Crippen LogP contribution >= 0.6 is 0 Å². The van der Waals surface area contributed by atoms with Gasteiger partial charge in [0.25, 0.3) is 0 Å². The second-order valence-electron chi connectivity index (χ2n) is 5.09. The predicted molar refractivity (Wildman–Crippen MR) is 59.3 cm³/mol. The molecule has 0 aromatic rings. The molecule has 1 rings (SSSR count). The highest BCUT2D eigenvalue weighted by Crippen LogP contribution is 2.21. The van der Waals surface area contributed by atoms with E-state index in [1.54, 1.807) is 0 Å². The Labute approximate surface area is 100 Å². The molecule has 0 aliphatic carbocycles. The molecule has 1 heterocycles. The van der Waals surface area contributed by atoms with Crippen molar-refractivity contribution in [2.45, 2.75) is 39.2 Å². The number of carbonyl (C=O) groups excluding carboxylic acids is 1. The van der Waals surface area contributed by atoms with E-state index in [-0.39, 0.29) is 11.9 Å². The van der Waals surface area contributed by atoms with Crippen molar-refractivity contribution in [2.24, 2.45) is 5.92 Å². The molecule has 0 aromatic heterocycles. The number of carbonyl (C=O) groups is 2. The van der Waals surface area contributed by atoms with Gasteiger partial charge in [-0.05, 0) is 33.6 Å². The molecule has 17 heavy (non-hydrogen) atoms. The van der Waals surface area contributed by atoms with Gasteiger partial charge in [0.05, 0.1) is 5.92 Å². The van der Waals surface area contributed by atoms with Gasteiger partial charge < -0.3 is 14.7 Å². The second-order valence-corrected chi connectivity index (χ2v) is 5.09. The van der Waals surface area contributed by atoms with Crippen LogP contribution in [0.2, 0.25) is 0 Å². The van der Waals surface area contributed by atoms with Gasteiger partial charge >= 0.3 is 12.1 Å². The van der Waals surface area contributed by atoms with Crippen molar-refractivity contribution in [3.63, 3.8) is 0 Å². The zero-order valence-electron chi connectivity index (χ0n) is 10.4. The summed E-state index contributed by atoms with van der Waals surface area (Å²) in [6, 6.07) is 0. The van der Waals surface area contributed by atoms with E-state index in [9.17, 15) is 9.59 Å². The predicted octanol–water partition coefficient (Wildman–Crippen LogP) is 1.65. The Kier molecular flexibility index (Phi) is 4.34. The number of hydrogen-bond donors (Lipinski definition) is 1. The number of carboxylic acid groups (broad SMARTS) is 1. The van der Waals surface area contributed by atoms with Gasteiger partial charge in [-0.1, -0.05) is 0 Å². The molecule has 0 unspecified atom stereocenters. The third-order valence-electron chi connectivity index (χ3n) is 2.40. The maximum atomic E-state index is 11.7. The molecule has 0 aromatic carbocycles. The standard InChI is InChI=1S/C11H19NO5/c1-11(2,3)16-9(13)8-4-6-12(7-5-8)17-10(14)15/h8H,4-7H2,1-3H3,(H,14,15). The Bertz CT molecular complexity index is 289. The lowest BCUT2D eigenvalue weighted by atomic mass is 9.98. The van der Waals surface area contributed by atoms with Gasteiger partial charge in [0.2, 0.25) is 0 Å². The van der Waals surface area contributed by atoms with Crippen molar-refractivity contribution in [2.75, 3.05) is 13.1 Å². The highest BCUT2D eigenvalue weighted by molar-refractivity contribution is 5.73. The fraction of sp³-hybridized carbons (Fsp3) is 0.818. The molecule has 6 heteroatoms. The molecule has 1 fully saturated rings. The van der Waals surface area contributed by atoms with Crippen LogP contribution in [0, 0.1) is 5.92 Å². The number of hydrogen-bond acceptors (Lipinski definition) is 5. The Morgan fingerprint density at radius 1 is 1.24 bits per heavy atom. The largest absolute Gasteiger partial charge is 0.525 e. The van der Waals surface area contributed by atoms with E-state index < -0.39 is 11.8 Å². The van der Waals surface area contributed by atoms with E-state index in [0.29, 0.717) is 25.9 Å². The maximum absolute atomic E-state index is 11.7. The minimum atomic E-state index is -1.32. The van der Waals surface area contributed by atoms with Gasteiger partial charge in [0.15, 0.2) is 0 Å². The molecular weight excluding hydrogens is 226 g/mol. The summed E-state index contributed by atoms with van der Waals surface area (Å²) in [6.45, 7) is 6.33. The zero-order chi connectivity index (χ0) is 13.1. The first-order valence-corrected chi connectivity index (χ1v) is 5.66. The van der Waals surface area contributed by atoms with Crippen molar-refractivity contribution in [1.82, 2.24) is 5.06 Å². The highest BCUT2D eigenvalue weighted by Gasteiger charge is 2.30. The van der Waals surface area contributed by atoms with Gasteiger partial charge in [0.1, 0.15) is 5.60 Å². The molecule has 0 amide bonds. The van der Waals surface area contributed by atoms with E-state index in [1.807, 2.05) is 20.8 Å². The van der Waals surface area contributed by atoms with Crippen LogP contribution in [0.4, 0.5) is 4.79 Å². The number of hydroxylamine groups is 2. The molecule has 1 aliphatic heterocycles. The molecule has 98 valence electrons. The maximum Gasteiger partial charge on any atom is 0.525 e. The summed E-state index contributed by atoms with van der Waals surface area (Å²) in [5.74, 6) is -0.379. The monoisotopic (exact) mass is 245 g/mol. The van der Waals surface area contributed by atoms with Crippen molar-refractivity contribution in [3.8, 4) is 0 Å². The lowest BCUT2D eigenvalue weighted by Gasteiger charge is -2.30. The topological polar surface area (TPSA) is 76.1 Å². The number of nitrogens with zero attached hydrogens (tertiary/aromatic N) is 1. The van der Waals surface area contributed by atoms with E-state index in [2.05, 4.69) is 4.84 Å². The Morgan fingerprint density at radius 2 is 1.76 bits per heavy atom. The van der Waals surface area contributed by atoms with Crippen LogP contribution in [-0.4, -0.2) is 41.0 Å². The van der Waals surface area contributed by atoms with Crippen LogP contribution in [0.3, 0.4) is 0 Å². The van der Waals surface area contributed by atoms with E-state index in [4.69, 9.17) is 9.84 Å². The van der Waals surface area contributed by atoms with E-state index >= 15 is 0 Å². The van der Waals surface area contributed by atoms with Gasteiger partial charge in [-0.15, -0.1) is 5.06 Å². The van der Waals surface area contributed by atoms with Crippen LogP contribution < -0.4 is 0 Å². The average molecular weight is 245 g/mol. The molecule has 1 aliphatic rings. The molecular formula is C11H19NO5. The minimum absolute atomic E-state index is 0.164. The minimum Gasteiger partial charge on any atom is -0.460 e. The number of piperidine rings is 1. The summed E-state index contributed by atoms with van der Waals surface area (Å²) in [7, 11) is 0. The average Bonchev–Trinajstić information content (AvgIpc) is 2.15. The molecule has 1 N–H and O–H groups in total. The fourth-order valence-electron chi connectivity index (χ4n) is 1.68. The molecule has 6 nitrogen and oxygen atoms in total. The van der Waals surface area contributed by atoms with E-state index in [1.165, 1.54) is 5.06 Å². The number of esters is 1. The van der Waals surface area contributed by atoms with Gasteiger partial charge in [-0.2, -0.15) is 0 Å². The van der Waals surface area contributed by atoms with Crippen molar-refractivity contribution in [3.05, 3.63) is 0 Å². The highest BCUT2D eigenvalue weighted by atomic mass is 16.8. The molecule has 0 spiro atoms. The van der Waals surface area contributed by atoms with Crippen molar-refractivity contribution in [1.29, 1.82) is 0 Å². The Morgan fingerprint density at radius 3 is 2.18 bits per heavy atom. The third-order valence-corrected chi connectivity index (χ3v) is 2.40. The second kappa shape index (κ2) is 5.35. The summed E-state index contributed by atoms with van der Waals surface area (Å²) in [5, 5.41) is 9.79. The molecule has 0 bridgehead atoms. The first-order valence-electron chi connectivity index (χ1n) is 5.66. The van der Waals surface area contributed by atoms with Crippen LogP contribution in [0.25, 0.3) is 0 Å². The van der Waals surface area contributed by atoms with Crippen LogP contribution in [-0.2, 0) is 14.4 Å². The molecule has 0 saturated carbocycles. The fourth-order valence-corrected chi connectivity index (χ4v) is 1.68. The van der Waals surface area contributed by atoms with Gasteiger partial charge in [0, 0.05) is 13.1 Å². The quantitative estimate of drug-likeness (QED) is 0.745. The van der Waals surface area contributed by atoms with Crippen LogP contribution in [0.5, 0.6) is 0 Å². The van der Waals surface area contributed by atoms with Crippen LogP contribution in [0.15, 0.2) is 0 Å². The lowest BCUT2D eigenvalue weighted by Crippen LogP contribution is -2.39. The third kappa shape index (κ3) is 5.04.